The number of nitrogens with one attached hydrogen (secondary N) is 1. The zero-order chi connectivity index (χ0) is 43.2. The molecule has 6 atom stereocenters. The van der Waals surface area contributed by atoms with Crippen LogP contribution in [0.15, 0.2) is 97.1 Å². The molecule has 3 heterocycles. The number of aliphatic hydroxyl groups excluding tert-OH is 1. The molecule has 3 aliphatic rings. The molecule has 0 radical (unpaired) electrons. The van der Waals surface area contributed by atoms with Gasteiger partial charge in [-0.2, -0.15) is 0 Å². The van der Waals surface area contributed by atoms with E-state index < -0.39 is 0 Å². The van der Waals surface area contributed by atoms with Crippen molar-refractivity contribution in [2.75, 3.05) is 63.9 Å². The van der Waals surface area contributed by atoms with Crippen LogP contribution in [0.3, 0.4) is 0 Å². The molecule has 4 aromatic carbocycles. The fourth-order valence-corrected chi connectivity index (χ4v) is 10.5. The van der Waals surface area contributed by atoms with Crippen molar-refractivity contribution in [1.29, 1.82) is 0 Å². The van der Waals surface area contributed by atoms with Gasteiger partial charge in [-0.15, -0.1) is 23.5 Å². The summed E-state index contributed by atoms with van der Waals surface area (Å²) in [6, 6.07) is 28.3. The third-order valence-corrected chi connectivity index (χ3v) is 13.5. The van der Waals surface area contributed by atoms with Crippen molar-refractivity contribution in [2.24, 2.45) is 0 Å². The van der Waals surface area contributed by atoms with Gasteiger partial charge in [0.2, 0.25) is 0 Å². The van der Waals surface area contributed by atoms with Crippen molar-refractivity contribution >= 4 is 23.5 Å². The zero-order valence-electron chi connectivity index (χ0n) is 36.0. The Hall–Kier alpha value is -2.94. The normalized spacial score (nSPS) is 22.8. The Labute approximate surface area is 364 Å². The van der Waals surface area contributed by atoms with Crippen LogP contribution in [0.1, 0.15) is 74.3 Å². The molecule has 0 aliphatic carbocycles. The molecule has 3 aliphatic heterocycles. The maximum atomic E-state index is 13.4. The van der Waals surface area contributed by atoms with Gasteiger partial charge in [-0.25, -0.2) is 17.6 Å². The smallest absolute Gasteiger partial charge is 0.123 e. The first-order valence-corrected chi connectivity index (χ1v) is 23.3. The van der Waals surface area contributed by atoms with Crippen LogP contribution in [0.2, 0.25) is 0 Å². The lowest BCUT2D eigenvalue weighted by molar-refractivity contribution is 0.0115. The lowest BCUT2D eigenvalue weighted by Crippen LogP contribution is -2.58. The van der Waals surface area contributed by atoms with Gasteiger partial charge in [-0.3, -0.25) is 14.7 Å². The highest BCUT2D eigenvalue weighted by atomic mass is 32.2. The molecular weight excluding hydrogens is 805 g/mol. The second-order valence-corrected chi connectivity index (χ2v) is 19.0. The Morgan fingerprint density at radius 1 is 0.583 bits per heavy atom. The van der Waals surface area contributed by atoms with E-state index in [-0.39, 0.29) is 39.9 Å². The molecule has 4 aromatic rings. The quantitative estimate of drug-likeness (QED) is 0.0962. The number of aliphatic hydroxyl groups is 1. The summed E-state index contributed by atoms with van der Waals surface area (Å²) >= 11 is 3.64. The average Bonchev–Trinajstić information content (AvgIpc) is 4.00. The summed E-state index contributed by atoms with van der Waals surface area (Å²) < 4.78 is 58.1. The molecule has 2 unspecified atom stereocenters. The van der Waals surface area contributed by atoms with Crippen LogP contribution in [-0.4, -0.2) is 120 Å². The lowest BCUT2D eigenvalue weighted by Gasteiger charge is -2.45. The Kier molecular flexibility index (Phi) is 19.3. The Bertz CT molecular complexity index is 1710. The minimum absolute atomic E-state index is 0.0394. The van der Waals surface area contributed by atoms with E-state index in [4.69, 9.17) is 4.74 Å². The fourth-order valence-electron chi connectivity index (χ4n) is 7.95. The average molecular weight is 869 g/mol. The Balaban J connectivity index is 0.000000209. The van der Waals surface area contributed by atoms with Crippen molar-refractivity contribution in [2.45, 2.75) is 88.4 Å². The number of benzene rings is 4. The third kappa shape index (κ3) is 16.1. The summed E-state index contributed by atoms with van der Waals surface area (Å²) in [4.78, 5) is 7.35. The number of hydrogen-bond donors (Lipinski definition) is 2. The van der Waals surface area contributed by atoms with Gasteiger partial charge in [-0.1, -0.05) is 48.5 Å². The predicted octanol–water partition coefficient (Wildman–Crippen LogP) is 9.44. The van der Waals surface area contributed by atoms with E-state index in [1.165, 1.54) is 48.5 Å². The first kappa shape index (κ1) is 48.1. The van der Waals surface area contributed by atoms with Gasteiger partial charge in [0.05, 0.1) is 29.3 Å². The SMILES string of the molecule is CC(O)CN1[C@H](C)CN(CCSC(c2ccc(F)cc2)c2ccc(F)cc2)C[C@@H]1C.CC1CO1.C[C@@H]1CN(CCSC(c2ccc(F)cc2)c2ccc(F)cc2)C[C@H](C)N1. The molecule has 60 heavy (non-hydrogen) atoms. The molecular formula is C48H64F4N4O2S2. The summed E-state index contributed by atoms with van der Waals surface area (Å²) in [5, 5.41) is 13.4. The monoisotopic (exact) mass is 868 g/mol. The summed E-state index contributed by atoms with van der Waals surface area (Å²) in [7, 11) is 0. The topological polar surface area (TPSA) is 54.5 Å². The van der Waals surface area contributed by atoms with Crippen LogP contribution in [-0.2, 0) is 4.74 Å². The van der Waals surface area contributed by atoms with Gasteiger partial charge in [0, 0.05) is 81.5 Å². The predicted molar refractivity (Wildman–Crippen MR) is 242 cm³/mol. The van der Waals surface area contributed by atoms with Crippen LogP contribution in [0.25, 0.3) is 0 Å². The first-order chi connectivity index (χ1) is 28.7. The van der Waals surface area contributed by atoms with Gasteiger partial charge in [0.15, 0.2) is 0 Å². The zero-order valence-corrected chi connectivity index (χ0v) is 37.6. The van der Waals surface area contributed by atoms with Crippen molar-refractivity contribution in [1.82, 2.24) is 20.0 Å². The van der Waals surface area contributed by atoms with Crippen LogP contribution >= 0.6 is 23.5 Å². The molecule has 328 valence electrons. The van der Waals surface area contributed by atoms with Crippen molar-refractivity contribution in [3.63, 3.8) is 0 Å². The highest BCUT2D eigenvalue weighted by Crippen LogP contribution is 2.37. The van der Waals surface area contributed by atoms with Gasteiger partial charge in [0.25, 0.3) is 0 Å². The summed E-state index contributed by atoms with van der Waals surface area (Å²) in [6.07, 6.45) is 0.268. The molecule has 0 saturated carbocycles. The molecule has 6 nitrogen and oxygen atoms in total. The highest BCUT2D eigenvalue weighted by Gasteiger charge is 2.30. The van der Waals surface area contributed by atoms with Crippen LogP contribution in [0.4, 0.5) is 17.6 Å². The molecule has 12 heteroatoms. The number of piperazine rings is 2. The summed E-state index contributed by atoms with van der Waals surface area (Å²) in [5.41, 5.74) is 4.14. The van der Waals surface area contributed by atoms with Gasteiger partial charge in [0.1, 0.15) is 23.3 Å². The van der Waals surface area contributed by atoms with Crippen LogP contribution in [0.5, 0.6) is 0 Å². The van der Waals surface area contributed by atoms with E-state index >= 15 is 0 Å². The molecule has 0 spiro atoms. The minimum atomic E-state index is -0.316. The lowest BCUT2D eigenvalue weighted by atomic mass is 10.0. The number of nitrogens with zero attached hydrogens (tertiary/aromatic N) is 3. The minimum Gasteiger partial charge on any atom is -0.392 e. The van der Waals surface area contributed by atoms with Crippen LogP contribution < -0.4 is 5.32 Å². The van der Waals surface area contributed by atoms with E-state index in [0.717, 1.165) is 79.6 Å². The number of ether oxygens (including phenoxy) is 1. The van der Waals surface area contributed by atoms with Crippen LogP contribution in [0, 0.1) is 23.3 Å². The fraction of sp³-hybridized carbons (Fsp3) is 0.500. The van der Waals surface area contributed by atoms with Crippen molar-refractivity contribution in [3.8, 4) is 0 Å². The largest absolute Gasteiger partial charge is 0.392 e. The second kappa shape index (κ2) is 24.1. The third-order valence-electron chi connectivity index (χ3n) is 10.9. The number of β-amino-alcohol motifs (C(OH)–C–C–N with tert-alkyl or cyclic N) is 1. The first-order valence-electron chi connectivity index (χ1n) is 21.2. The van der Waals surface area contributed by atoms with Gasteiger partial charge in [-0.05, 0) is 112 Å². The molecule has 0 aromatic heterocycles. The maximum Gasteiger partial charge on any atom is 0.123 e. The number of rotatable bonds is 14. The standard InChI is InChI=1S/C24H32F2N2OS.C21H26F2N2S.C3H6O/c1-17-14-27(15-18(2)28(17)16-19(3)29)12-13-30-24(20-4-8-22(25)9-5-20)21-6-10-23(26)11-7-21;1-15-13-25(14-16(2)24-15)11-12-26-21(17-3-7-19(22)8-4-17)18-5-9-20(23)10-6-18;1-3-2-4-3/h4-11,17-19,24,29H,12-16H2,1-3H3;3-10,15-16,21,24H,11-14H2,1-2H3;3H,2H2,1H3/t17-,18+,19?;15-,16+;. The van der Waals surface area contributed by atoms with E-state index in [1.54, 1.807) is 11.8 Å². The van der Waals surface area contributed by atoms with E-state index in [2.05, 4.69) is 54.6 Å². The number of epoxide rings is 1. The Morgan fingerprint density at radius 3 is 1.17 bits per heavy atom. The highest BCUT2D eigenvalue weighted by molar-refractivity contribution is 8.00. The number of hydrogen-bond acceptors (Lipinski definition) is 8. The summed E-state index contributed by atoms with van der Waals surface area (Å²) in [6.45, 7) is 20.5. The van der Waals surface area contributed by atoms with Gasteiger partial charge < -0.3 is 15.2 Å². The molecule has 7 rings (SSSR count). The van der Waals surface area contributed by atoms with E-state index in [1.807, 2.05) is 67.2 Å². The number of halogens is 4. The second-order valence-electron chi connectivity index (χ2n) is 16.6. The molecule has 0 amide bonds. The van der Waals surface area contributed by atoms with Crippen molar-refractivity contribution < 1.29 is 27.4 Å². The molecule has 2 N–H and O–H groups in total. The molecule has 0 bridgehead atoms. The van der Waals surface area contributed by atoms with Gasteiger partial charge >= 0.3 is 0 Å². The Morgan fingerprint density at radius 2 is 0.883 bits per heavy atom. The molecule has 3 fully saturated rings. The maximum absolute atomic E-state index is 13.4. The molecule has 3 saturated heterocycles. The van der Waals surface area contributed by atoms with Crippen molar-refractivity contribution in [3.05, 3.63) is 143 Å². The number of thioether (sulfide) groups is 2. The van der Waals surface area contributed by atoms with E-state index in [0.29, 0.717) is 36.8 Å². The van der Waals surface area contributed by atoms with E-state index in [9.17, 15) is 22.7 Å². The summed E-state index contributed by atoms with van der Waals surface area (Å²) in [5.74, 6) is 0.925.